The number of anilines is 1. The number of nitrogens with one attached hydrogen (secondary N) is 2. The predicted octanol–water partition coefficient (Wildman–Crippen LogP) is 6.06. The maximum atomic E-state index is 13.0. The van der Waals surface area contributed by atoms with Crippen molar-refractivity contribution in [3.63, 3.8) is 0 Å². The third kappa shape index (κ3) is 7.81. The van der Waals surface area contributed by atoms with Gasteiger partial charge >= 0.3 is 6.18 Å². The molecule has 0 spiro atoms. The lowest BCUT2D eigenvalue weighted by Gasteiger charge is -2.12. The molecule has 0 unspecified atom stereocenters. The summed E-state index contributed by atoms with van der Waals surface area (Å²) in [6.45, 7) is 5.62. The average Bonchev–Trinajstić information content (AvgIpc) is 2.82. The number of benzene rings is 2. The molecule has 1 heterocycles. The zero-order valence-corrected chi connectivity index (χ0v) is 20.0. The Bertz CT molecular complexity index is 1320. The zero-order chi connectivity index (χ0) is 26.1. The van der Waals surface area contributed by atoms with Crippen molar-refractivity contribution in [2.45, 2.75) is 25.9 Å². The summed E-state index contributed by atoms with van der Waals surface area (Å²) >= 11 is 5.64. The Morgan fingerprint density at radius 1 is 1.22 bits per heavy atom. The van der Waals surface area contributed by atoms with Crippen LogP contribution in [-0.4, -0.2) is 29.4 Å². The van der Waals surface area contributed by atoms with Gasteiger partial charge in [0.2, 0.25) is 5.95 Å². The van der Waals surface area contributed by atoms with E-state index in [1.165, 1.54) is 18.5 Å². The summed E-state index contributed by atoms with van der Waals surface area (Å²) in [5, 5.41) is 9.69. The molecule has 0 radical (unpaired) electrons. The Balaban J connectivity index is 1.53. The highest BCUT2D eigenvalue weighted by atomic mass is 35.5. The highest BCUT2D eigenvalue weighted by Crippen LogP contribution is 2.37. The fourth-order valence-corrected chi connectivity index (χ4v) is 3.40. The van der Waals surface area contributed by atoms with Crippen LogP contribution in [0.3, 0.4) is 0 Å². The van der Waals surface area contributed by atoms with Crippen molar-refractivity contribution >= 4 is 30.5 Å². The predicted molar refractivity (Wildman–Crippen MR) is 136 cm³/mol. The number of ether oxygens (including phenoxy) is 1. The number of hydrogen-bond acceptors (Lipinski definition) is 6. The van der Waals surface area contributed by atoms with Crippen molar-refractivity contribution in [2.24, 2.45) is 10.2 Å². The third-order valence-corrected chi connectivity index (χ3v) is 5.29. The SMILES string of the molecule is C=N/N=C\C=C(/C)Cc1cnc(NCCc2ccc(Oc3ccc(Cl)c(C(F)(F)F)c3)cc2)[nH]c1=O. The van der Waals surface area contributed by atoms with Gasteiger partial charge in [-0.15, -0.1) is 0 Å². The number of alkyl halides is 3. The van der Waals surface area contributed by atoms with E-state index in [4.69, 9.17) is 16.3 Å². The maximum absolute atomic E-state index is 13.0. The van der Waals surface area contributed by atoms with E-state index in [1.807, 2.05) is 6.92 Å². The summed E-state index contributed by atoms with van der Waals surface area (Å²) < 4.78 is 44.6. The van der Waals surface area contributed by atoms with E-state index in [0.717, 1.165) is 23.3 Å². The number of rotatable bonds is 10. The van der Waals surface area contributed by atoms with Crippen molar-refractivity contribution in [1.82, 2.24) is 9.97 Å². The normalized spacial score (nSPS) is 12.1. The van der Waals surface area contributed by atoms with E-state index >= 15 is 0 Å². The molecule has 3 aromatic rings. The summed E-state index contributed by atoms with van der Waals surface area (Å²) in [7, 11) is 0. The number of hydrogen-bond donors (Lipinski definition) is 2. The van der Waals surface area contributed by atoms with E-state index in [0.29, 0.717) is 36.6 Å². The summed E-state index contributed by atoms with van der Waals surface area (Å²) in [5.74, 6) is 0.776. The third-order valence-electron chi connectivity index (χ3n) is 4.96. The van der Waals surface area contributed by atoms with Gasteiger partial charge in [0.25, 0.3) is 5.56 Å². The van der Waals surface area contributed by atoms with Gasteiger partial charge in [-0.05, 0) is 55.3 Å². The number of aromatic amines is 1. The Kier molecular flexibility index (Phi) is 9.02. The standard InChI is InChI=1S/C25H23ClF3N5O2/c1-16(9-12-33-30-2)13-18-15-32-24(34-23(18)35)31-11-10-17-3-5-19(6-4-17)36-20-7-8-22(26)21(14-20)25(27,28)29/h3-9,12,14-15H,2,10-11,13H2,1H3,(H2,31,32,34,35)/b16-9+,33-12-. The van der Waals surface area contributed by atoms with E-state index in [-0.39, 0.29) is 16.3 Å². The number of H-pyrrole nitrogens is 1. The van der Waals surface area contributed by atoms with E-state index in [2.05, 4.69) is 32.2 Å². The Hall–Kier alpha value is -3.92. The molecule has 0 amide bonds. The van der Waals surface area contributed by atoms with Crippen LogP contribution in [0.25, 0.3) is 0 Å². The first-order chi connectivity index (χ1) is 17.2. The van der Waals surface area contributed by atoms with Crippen molar-refractivity contribution in [1.29, 1.82) is 0 Å². The first-order valence-electron chi connectivity index (χ1n) is 10.8. The number of aromatic nitrogens is 2. The lowest BCUT2D eigenvalue weighted by atomic mass is 10.1. The number of allylic oxidation sites excluding steroid dienone is 2. The minimum absolute atomic E-state index is 0.0344. The Labute approximate surface area is 210 Å². The second kappa shape index (κ2) is 12.2. The molecule has 0 saturated heterocycles. The van der Waals surface area contributed by atoms with Crippen LogP contribution < -0.4 is 15.6 Å². The summed E-state index contributed by atoms with van der Waals surface area (Å²) in [5.41, 5.74) is 1.20. The van der Waals surface area contributed by atoms with Gasteiger partial charge in [-0.3, -0.25) is 9.78 Å². The molecule has 188 valence electrons. The first kappa shape index (κ1) is 26.7. The average molecular weight is 518 g/mol. The van der Waals surface area contributed by atoms with Crippen LogP contribution in [-0.2, 0) is 19.0 Å². The lowest BCUT2D eigenvalue weighted by molar-refractivity contribution is -0.137. The largest absolute Gasteiger partial charge is 0.457 e. The van der Waals surface area contributed by atoms with Crippen LogP contribution in [0.15, 0.2) is 75.3 Å². The van der Waals surface area contributed by atoms with E-state index < -0.39 is 11.7 Å². The van der Waals surface area contributed by atoms with Crippen LogP contribution in [0.1, 0.15) is 23.6 Å². The van der Waals surface area contributed by atoms with Gasteiger partial charge in [0, 0.05) is 37.7 Å². The molecule has 0 aliphatic rings. The highest BCUT2D eigenvalue weighted by molar-refractivity contribution is 6.31. The lowest BCUT2D eigenvalue weighted by Crippen LogP contribution is -2.18. The molecule has 1 aromatic heterocycles. The van der Waals surface area contributed by atoms with Crippen LogP contribution in [0.5, 0.6) is 11.5 Å². The minimum atomic E-state index is -4.57. The Morgan fingerprint density at radius 2 is 1.94 bits per heavy atom. The minimum Gasteiger partial charge on any atom is -0.457 e. The fraction of sp³-hybridized carbons (Fsp3) is 0.200. The van der Waals surface area contributed by atoms with Crippen molar-refractivity contribution in [3.05, 3.63) is 92.4 Å². The monoisotopic (exact) mass is 517 g/mol. The van der Waals surface area contributed by atoms with Gasteiger partial charge in [0.15, 0.2) is 0 Å². The molecule has 0 atom stereocenters. The second-order valence-electron chi connectivity index (χ2n) is 7.74. The molecular weight excluding hydrogens is 495 g/mol. The van der Waals surface area contributed by atoms with E-state index in [9.17, 15) is 18.0 Å². The molecule has 0 saturated carbocycles. The zero-order valence-electron chi connectivity index (χ0n) is 19.3. The number of halogens is 4. The van der Waals surface area contributed by atoms with Crippen LogP contribution in [0.4, 0.5) is 19.1 Å². The topological polar surface area (TPSA) is 91.7 Å². The van der Waals surface area contributed by atoms with Crippen LogP contribution in [0.2, 0.25) is 5.02 Å². The van der Waals surface area contributed by atoms with Gasteiger partial charge in [-0.25, -0.2) is 4.98 Å². The van der Waals surface area contributed by atoms with Gasteiger partial charge in [-0.1, -0.05) is 29.3 Å². The summed E-state index contributed by atoms with van der Waals surface area (Å²) in [6, 6.07) is 10.3. The van der Waals surface area contributed by atoms with Gasteiger partial charge in [0.1, 0.15) is 11.5 Å². The molecule has 0 aliphatic heterocycles. The molecule has 2 aromatic carbocycles. The molecule has 0 aliphatic carbocycles. The van der Waals surface area contributed by atoms with Crippen molar-refractivity contribution in [3.8, 4) is 11.5 Å². The summed E-state index contributed by atoms with van der Waals surface area (Å²) in [4.78, 5) is 19.3. The smallest absolute Gasteiger partial charge is 0.417 e. The maximum Gasteiger partial charge on any atom is 0.417 e. The van der Waals surface area contributed by atoms with Gasteiger partial charge in [0.05, 0.1) is 10.6 Å². The molecule has 3 rings (SSSR count). The molecule has 7 nitrogen and oxygen atoms in total. The molecule has 36 heavy (non-hydrogen) atoms. The highest BCUT2D eigenvalue weighted by Gasteiger charge is 2.33. The number of nitrogens with zero attached hydrogens (tertiary/aromatic N) is 3. The van der Waals surface area contributed by atoms with Gasteiger partial charge < -0.3 is 10.1 Å². The van der Waals surface area contributed by atoms with Gasteiger partial charge in [-0.2, -0.15) is 23.4 Å². The quantitative estimate of drug-likeness (QED) is 0.252. The molecule has 0 fully saturated rings. The fourth-order valence-electron chi connectivity index (χ4n) is 3.17. The molecule has 0 bridgehead atoms. The van der Waals surface area contributed by atoms with Crippen LogP contribution >= 0.6 is 11.6 Å². The second-order valence-corrected chi connectivity index (χ2v) is 8.15. The Morgan fingerprint density at radius 3 is 2.61 bits per heavy atom. The van der Waals surface area contributed by atoms with Crippen LogP contribution in [0, 0.1) is 0 Å². The van der Waals surface area contributed by atoms with Crippen molar-refractivity contribution in [2.75, 3.05) is 11.9 Å². The van der Waals surface area contributed by atoms with Crippen molar-refractivity contribution < 1.29 is 17.9 Å². The molecular formula is C25H23ClF3N5O2. The molecule has 2 N–H and O–H groups in total. The molecule has 11 heteroatoms. The first-order valence-corrected chi connectivity index (χ1v) is 11.1. The summed E-state index contributed by atoms with van der Waals surface area (Å²) in [6.07, 6.45) is 1.23. The van der Waals surface area contributed by atoms with E-state index in [1.54, 1.807) is 30.3 Å².